The largest absolute Gasteiger partial charge is 0.379 e. The molecular weight excluding hydrogens is 362 g/mol. The Balaban J connectivity index is 1.60. The first kappa shape index (κ1) is 17.7. The molecule has 0 radical (unpaired) electrons. The fourth-order valence-corrected chi connectivity index (χ4v) is 3.90. The smallest absolute Gasteiger partial charge is 0.257 e. The molecule has 4 rings (SSSR count). The van der Waals surface area contributed by atoms with Gasteiger partial charge in [-0.3, -0.25) is 25.0 Å². The number of hydrogen-bond donors (Lipinski definition) is 1. The second-order valence-corrected chi connectivity index (χ2v) is 7.19. The van der Waals surface area contributed by atoms with Crippen LogP contribution in [0.15, 0.2) is 49.1 Å². The Morgan fingerprint density at radius 3 is 2.70 bits per heavy atom. The molecule has 0 unspecified atom stereocenters. The van der Waals surface area contributed by atoms with Crippen molar-refractivity contribution >= 4 is 22.4 Å². The van der Waals surface area contributed by atoms with Crippen molar-refractivity contribution in [2.75, 3.05) is 31.6 Å². The first-order chi connectivity index (χ1) is 13.3. The third kappa shape index (κ3) is 4.36. The van der Waals surface area contributed by atoms with Gasteiger partial charge in [0.25, 0.3) is 5.91 Å². The number of nitrogens with one attached hydrogen (secondary N) is 1. The van der Waals surface area contributed by atoms with Gasteiger partial charge in [-0.15, -0.1) is 0 Å². The molecule has 0 saturated carbocycles. The molecule has 1 amide bonds. The fourth-order valence-electron chi connectivity index (χ4n) is 2.88. The van der Waals surface area contributed by atoms with Crippen LogP contribution in [0.2, 0.25) is 0 Å². The third-order valence-corrected chi connectivity index (χ3v) is 5.22. The summed E-state index contributed by atoms with van der Waals surface area (Å²) in [7, 11) is 0. The number of amides is 1. The van der Waals surface area contributed by atoms with E-state index in [9.17, 15) is 4.79 Å². The van der Waals surface area contributed by atoms with Crippen molar-refractivity contribution in [1.29, 1.82) is 0 Å². The van der Waals surface area contributed by atoms with Gasteiger partial charge in [-0.05, 0) is 24.3 Å². The normalized spacial score (nSPS) is 14.8. The number of hydrogen-bond acceptors (Lipinski definition) is 7. The third-order valence-electron chi connectivity index (χ3n) is 4.27. The van der Waals surface area contributed by atoms with Crippen LogP contribution in [0.25, 0.3) is 11.3 Å². The molecule has 7 nitrogen and oxygen atoms in total. The minimum Gasteiger partial charge on any atom is -0.379 e. The van der Waals surface area contributed by atoms with E-state index in [4.69, 9.17) is 4.74 Å². The quantitative estimate of drug-likeness (QED) is 0.732. The summed E-state index contributed by atoms with van der Waals surface area (Å²) in [6.07, 6.45) is 6.74. The molecule has 0 atom stereocenters. The molecule has 1 saturated heterocycles. The maximum absolute atomic E-state index is 12.4. The van der Waals surface area contributed by atoms with Gasteiger partial charge < -0.3 is 4.74 Å². The van der Waals surface area contributed by atoms with Gasteiger partial charge in [0.1, 0.15) is 0 Å². The highest BCUT2D eigenvalue weighted by Gasteiger charge is 2.19. The van der Waals surface area contributed by atoms with E-state index in [0.29, 0.717) is 10.7 Å². The first-order valence-corrected chi connectivity index (χ1v) is 9.53. The van der Waals surface area contributed by atoms with Crippen molar-refractivity contribution in [3.8, 4) is 11.3 Å². The lowest BCUT2D eigenvalue weighted by Crippen LogP contribution is -2.35. The van der Waals surface area contributed by atoms with Crippen molar-refractivity contribution < 1.29 is 9.53 Å². The molecule has 4 heterocycles. The molecule has 1 aliphatic rings. The standard InChI is InChI=1S/C19H19N5O2S/c25-18(14-3-6-20-7-4-14)23-19-22-17(15-2-1-5-21-12-15)16(27-19)13-24-8-10-26-11-9-24/h1-7,12H,8-11,13H2,(H,22,23,25). The van der Waals surface area contributed by atoms with E-state index in [1.807, 2.05) is 12.1 Å². The van der Waals surface area contributed by atoms with Gasteiger partial charge in [0.2, 0.25) is 0 Å². The summed E-state index contributed by atoms with van der Waals surface area (Å²) in [5.74, 6) is -0.193. The molecule has 8 heteroatoms. The van der Waals surface area contributed by atoms with Gasteiger partial charge in [0.15, 0.2) is 5.13 Å². The monoisotopic (exact) mass is 381 g/mol. The van der Waals surface area contributed by atoms with Crippen LogP contribution in [0.3, 0.4) is 0 Å². The summed E-state index contributed by atoms with van der Waals surface area (Å²) in [5.41, 5.74) is 2.36. The summed E-state index contributed by atoms with van der Waals surface area (Å²) < 4.78 is 5.43. The number of thiazole rings is 1. The second-order valence-electron chi connectivity index (χ2n) is 6.11. The highest BCUT2D eigenvalue weighted by atomic mass is 32.1. The molecule has 0 aromatic carbocycles. The molecule has 3 aromatic heterocycles. The summed E-state index contributed by atoms with van der Waals surface area (Å²) in [6, 6.07) is 7.24. The maximum atomic E-state index is 12.4. The number of carbonyl (C=O) groups excluding carboxylic acids is 1. The summed E-state index contributed by atoms with van der Waals surface area (Å²) in [5, 5.41) is 3.49. The molecule has 1 aliphatic heterocycles. The van der Waals surface area contributed by atoms with Gasteiger partial charge in [-0.1, -0.05) is 11.3 Å². The summed E-state index contributed by atoms with van der Waals surface area (Å²) >= 11 is 1.50. The minimum atomic E-state index is -0.193. The lowest BCUT2D eigenvalue weighted by Gasteiger charge is -2.26. The van der Waals surface area contributed by atoms with Crippen molar-refractivity contribution in [2.45, 2.75) is 6.54 Å². The van der Waals surface area contributed by atoms with Crippen LogP contribution in [0.1, 0.15) is 15.2 Å². The lowest BCUT2D eigenvalue weighted by molar-refractivity contribution is 0.0347. The average Bonchev–Trinajstić information content (AvgIpc) is 3.12. The van der Waals surface area contributed by atoms with Gasteiger partial charge in [0, 0.05) is 60.4 Å². The van der Waals surface area contributed by atoms with Crippen LogP contribution in [0.5, 0.6) is 0 Å². The lowest BCUT2D eigenvalue weighted by atomic mass is 10.2. The Morgan fingerprint density at radius 1 is 1.15 bits per heavy atom. The minimum absolute atomic E-state index is 0.193. The van der Waals surface area contributed by atoms with Crippen molar-refractivity contribution in [3.63, 3.8) is 0 Å². The predicted octanol–water partition coefficient (Wildman–Crippen LogP) is 2.68. The zero-order chi connectivity index (χ0) is 18.5. The number of pyridine rings is 2. The summed E-state index contributed by atoms with van der Waals surface area (Å²) in [4.78, 5) is 28.7. The average molecular weight is 381 g/mol. The van der Waals surface area contributed by atoms with Crippen LogP contribution in [0, 0.1) is 0 Å². The molecule has 1 fully saturated rings. The molecule has 27 heavy (non-hydrogen) atoms. The Hall–Kier alpha value is -2.68. The molecule has 3 aromatic rings. The molecule has 0 spiro atoms. The van der Waals surface area contributed by atoms with Crippen molar-refractivity contribution in [2.24, 2.45) is 0 Å². The van der Waals surface area contributed by atoms with Gasteiger partial charge in [-0.25, -0.2) is 4.98 Å². The van der Waals surface area contributed by atoms with E-state index < -0.39 is 0 Å². The van der Waals surface area contributed by atoms with E-state index in [1.165, 1.54) is 11.3 Å². The number of aromatic nitrogens is 3. The van der Waals surface area contributed by atoms with Crippen LogP contribution in [0.4, 0.5) is 5.13 Å². The van der Waals surface area contributed by atoms with E-state index in [2.05, 4.69) is 25.2 Å². The molecule has 138 valence electrons. The van der Waals surface area contributed by atoms with Crippen LogP contribution in [-0.2, 0) is 11.3 Å². The van der Waals surface area contributed by atoms with Crippen LogP contribution in [-0.4, -0.2) is 52.1 Å². The predicted molar refractivity (Wildman–Crippen MR) is 104 cm³/mol. The molecule has 1 N–H and O–H groups in total. The fraction of sp³-hybridized carbons (Fsp3) is 0.263. The van der Waals surface area contributed by atoms with Gasteiger partial charge >= 0.3 is 0 Å². The SMILES string of the molecule is O=C(Nc1nc(-c2cccnc2)c(CN2CCOCC2)s1)c1ccncc1. The highest BCUT2D eigenvalue weighted by molar-refractivity contribution is 7.16. The molecule has 0 aliphatic carbocycles. The second kappa shape index (κ2) is 8.34. The Kier molecular flexibility index (Phi) is 5.47. The van der Waals surface area contributed by atoms with Crippen molar-refractivity contribution in [3.05, 3.63) is 59.5 Å². The van der Waals surface area contributed by atoms with E-state index in [0.717, 1.165) is 49.0 Å². The van der Waals surface area contributed by atoms with E-state index >= 15 is 0 Å². The Bertz CT molecular complexity index is 895. The highest BCUT2D eigenvalue weighted by Crippen LogP contribution is 2.32. The zero-order valence-corrected chi connectivity index (χ0v) is 15.5. The van der Waals surface area contributed by atoms with Gasteiger partial charge in [0.05, 0.1) is 18.9 Å². The number of ether oxygens (including phenoxy) is 1. The first-order valence-electron chi connectivity index (χ1n) is 8.71. The Labute approximate surface area is 161 Å². The van der Waals surface area contributed by atoms with Crippen LogP contribution >= 0.6 is 11.3 Å². The number of anilines is 1. The molecule has 0 bridgehead atoms. The summed E-state index contributed by atoms with van der Waals surface area (Å²) in [6.45, 7) is 4.04. The number of morpholine rings is 1. The van der Waals surface area contributed by atoms with Gasteiger partial charge in [-0.2, -0.15) is 0 Å². The van der Waals surface area contributed by atoms with E-state index in [-0.39, 0.29) is 5.91 Å². The number of rotatable bonds is 5. The topological polar surface area (TPSA) is 80.2 Å². The van der Waals surface area contributed by atoms with Crippen LogP contribution < -0.4 is 5.32 Å². The number of nitrogens with zero attached hydrogens (tertiary/aromatic N) is 4. The zero-order valence-electron chi connectivity index (χ0n) is 14.7. The van der Waals surface area contributed by atoms with E-state index in [1.54, 1.807) is 36.9 Å². The maximum Gasteiger partial charge on any atom is 0.257 e. The number of carbonyl (C=O) groups is 1. The van der Waals surface area contributed by atoms with Crippen molar-refractivity contribution in [1.82, 2.24) is 19.9 Å². The molecular formula is C19H19N5O2S. The Morgan fingerprint density at radius 2 is 1.96 bits per heavy atom.